The number of nitrogens with one attached hydrogen (secondary N) is 1. The van der Waals surface area contributed by atoms with E-state index in [4.69, 9.17) is 4.74 Å². The van der Waals surface area contributed by atoms with Crippen molar-refractivity contribution in [2.75, 3.05) is 12.4 Å². The average Bonchev–Trinajstić information content (AvgIpc) is 2.40. The monoisotopic (exact) mass is 309 g/mol. The zero-order valence-corrected chi connectivity index (χ0v) is 14.5. The van der Waals surface area contributed by atoms with Crippen LogP contribution in [0.25, 0.3) is 0 Å². The van der Waals surface area contributed by atoms with Crippen LogP contribution in [0.15, 0.2) is 29.2 Å². The molecule has 1 unspecified atom stereocenters. The maximum Gasteiger partial charge on any atom is 0.326 e. The molecule has 1 rings (SSSR count). The Balaban J connectivity index is 2.65. The molecule has 0 aliphatic rings. The second-order valence-electron chi connectivity index (χ2n) is 5.72. The summed E-state index contributed by atoms with van der Waals surface area (Å²) in [6.45, 7) is 10.4. The van der Waals surface area contributed by atoms with E-state index in [2.05, 4.69) is 24.4 Å². The van der Waals surface area contributed by atoms with Gasteiger partial charge in [0.1, 0.15) is 5.54 Å². The van der Waals surface area contributed by atoms with E-state index in [-0.39, 0.29) is 12.0 Å². The number of hydrogen-bond donors (Lipinski definition) is 1. The van der Waals surface area contributed by atoms with Crippen LogP contribution >= 0.6 is 11.8 Å². The third-order valence-corrected chi connectivity index (χ3v) is 4.46. The Morgan fingerprint density at radius 2 is 2.05 bits per heavy atom. The molecule has 1 atom stereocenters. The van der Waals surface area contributed by atoms with Gasteiger partial charge in [-0.1, -0.05) is 18.2 Å². The van der Waals surface area contributed by atoms with Crippen molar-refractivity contribution in [3.8, 4) is 0 Å². The smallest absolute Gasteiger partial charge is 0.326 e. The highest BCUT2D eigenvalue weighted by Crippen LogP contribution is 2.25. The molecule has 0 fully saturated rings. The van der Waals surface area contributed by atoms with Gasteiger partial charge in [-0.25, -0.2) is 0 Å². The van der Waals surface area contributed by atoms with Crippen LogP contribution in [-0.4, -0.2) is 29.9 Å². The number of carbonyl (C=O) groups is 1. The first-order valence-electron chi connectivity index (χ1n) is 7.52. The summed E-state index contributed by atoms with van der Waals surface area (Å²) in [4.78, 5) is 13.5. The molecule has 1 aromatic rings. The fraction of sp³-hybridized carbons (Fsp3) is 0.588. The van der Waals surface area contributed by atoms with E-state index in [0.717, 1.165) is 12.2 Å². The molecule has 118 valence electrons. The molecule has 21 heavy (non-hydrogen) atoms. The number of aryl methyl sites for hydroxylation is 1. The van der Waals surface area contributed by atoms with Gasteiger partial charge in [0.25, 0.3) is 0 Å². The summed E-state index contributed by atoms with van der Waals surface area (Å²) in [6, 6.07) is 8.56. The number of benzene rings is 1. The van der Waals surface area contributed by atoms with Crippen LogP contribution in [0.3, 0.4) is 0 Å². The molecule has 1 aromatic carbocycles. The van der Waals surface area contributed by atoms with Crippen LogP contribution in [0, 0.1) is 6.92 Å². The summed E-state index contributed by atoms with van der Waals surface area (Å²) in [7, 11) is 0. The summed E-state index contributed by atoms with van der Waals surface area (Å²) in [6.07, 6.45) is 0.739. The minimum absolute atomic E-state index is 0.163. The summed E-state index contributed by atoms with van der Waals surface area (Å²) < 4.78 is 5.22. The molecule has 0 heterocycles. The molecule has 4 heteroatoms. The summed E-state index contributed by atoms with van der Waals surface area (Å²) in [5.74, 6) is 0.712. The average molecular weight is 309 g/mol. The SMILES string of the molecule is CCOC(=O)C(C)(CCSc1ccccc1C)NC(C)C. The van der Waals surface area contributed by atoms with Gasteiger partial charge in [-0.05, 0) is 52.7 Å². The predicted octanol–water partition coefficient (Wildman–Crippen LogP) is 3.80. The van der Waals surface area contributed by atoms with Crippen molar-refractivity contribution in [2.24, 2.45) is 0 Å². The van der Waals surface area contributed by atoms with Crippen LogP contribution in [0.4, 0.5) is 0 Å². The molecule has 0 saturated heterocycles. The highest BCUT2D eigenvalue weighted by Gasteiger charge is 2.34. The van der Waals surface area contributed by atoms with Crippen molar-refractivity contribution >= 4 is 17.7 Å². The Morgan fingerprint density at radius 3 is 2.62 bits per heavy atom. The number of thioether (sulfide) groups is 1. The second kappa shape index (κ2) is 8.44. The van der Waals surface area contributed by atoms with Crippen LogP contribution in [-0.2, 0) is 9.53 Å². The highest BCUT2D eigenvalue weighted by molar-refractivity contribution is 7.99. The Labute approximate surface area is 132 Å². The maximum atomic E-state index is 12.2. The fourth-order valence-corrected chi connectivity index (χ4v) is 3.44. The molecule has 0 aromatic heterocycles. The maximum absolute atomic E-state index is 12.2. The lowest BCUT2D eigenvalue weighted by Crippen LogP contribution is -2.53. The van der Waals surface area contributed by atoms with E-state index in [1.165, 1.54) is 10.5 Å². The van der Waals surface area contributed by atoms with Crippen molar-refractivity contribution in [3.63, 3.8) is 0 Å². The molecule has 0 saturated carbocycles. The molecule has 3 nitrogen and oxygen atoms in total. The van der Waals surface area contributed by atoms with Gasteiger partial charge < -0.3 is 4.74 Å². The number of carbonyl (C=O) groups excluding carboxylic acids is 1. The Hall–Kier alpha value is -1.00. The van der Waals surface area contributed by atoms with Crippen LogP contribution in [0.5, 0.6) is 0 Å². The molecular formula is C17H27NO2S. The Kier molecular flexibility index (Phi) is 7.26. The van der Waals surface area contributed by atoms with Gasteiger partial charge in [0.15, 0.2) is 0 Å². The first-order chi connectivity index (χ1) is 9.89. The van der Waals surface area contributed by atoms with Gasteiger partial charge in [0.05, 0.1) is 6.61 Å². The van der Waals surface area contributed by atoms with E-state index >= 15 is 0 Å². The zero-order valence-electron chi connectivity index (χ0n) is 13.7. The molecular weight excluding hydrogens is 282 g/mol. The topological polar surface area (TPSA) is 38.3 Å². The summed E-state index contributed by atoms with van der Waals surface area (Å²) >= 11 is 1.79. The zero-order chi connectivity index (χ0) is 15.9. The Morgan fingerprint density at radius 1 is 1.38 bits per heavy atom. The molecule has 1 N–H and O–H groups in total. The van der Waals surface area contributed by atoms with Gasteiger partial charge in [-0.2, -0.15) is 0 Å². The fourth-order valence-electron chi connectivity index (χ4n) is 2.24. The highest BCUT2D eigenvalue weighted by atomic mass is 32.2. The van der Waals surface area contributed by atoms with Crippen molar-refractivity contribution in [3.05, 3.63) is 29.8 Å². The van der Waals surface area contributed by atoms with Gasteiger partial charge in [-0.15, -0.1) is 11.8 Å². The minimum Gasteiger partial charge on any atom is -0.465 e. The van der Waals surface area contributed by atoms with Crippen molar-refractivity contribution in [1.29, 1.82) is 0 Å². The van der Waals surface area contributed by atoms with E-state index in [1.807, 2.05) is 39.8 Å². The number of esters is 1. The number of rotatable bonds is 8. The molecule has 0 bridgehead atoms. The van der Waals surface area contributed by atoms with Crippen LogP contribution < -0.4 is 5.32 Å². The van der Waals surface area contributed by atoms with Crippen LogP contribution in [0.2, 0.25) is 0 Å². The predicted molar refractivity (Wildman–Crippen MR) is 89.8 cm³/mol. The minimum atomic E-state index is -0.625. The number of ether oxygens (including phenoxy) is 1. The third-order valence-electron chi connectivity index (χ3n) is 3.29. The number of hydrogen-bond acceptors (Lipinski definition) is 4. The lowest BCUT2D eigenvalue weighted by Gasteiger charge is -2.30. The molecule has 0 spiro atoms. The van der Waals surface area contributed by atoms with Gasteiger partial charge in [-0.3, -0.25) is 10.1 Å². The van der Waals surface area contributed by atoms with Gasteiger partial charge >= 0.3 is 5.97 Å². The lowest BCUT2D eigenvalue weighted by molar-refractivity contribution is -0.150. The first-order valence-corrected chi connectivity index (χ1v) is 8.51. The largest absolute Gasteiger partial charge is 0.465 e. The van der Waals surface area contributed by atoms with E-state index in [0.29, 0.717) is 6.61 Å². The standard InChI is InChI=1S/C17H27NO2S/c1-6-20-16(19)17(5,18-13(2)3)11-12-21-15-10-8-7-9-14(15)4/h7-10,13,18H,6,11-12H2,1-5H3. The van der Waals surface area contributed by atoms with Crippen LogP contribution in [0.1, 0.15) is 39.7 Å². The van der Waals surface area contributed by atoms with Crippen molar-refractivity contribution in [1.82, 2.24) is 5.32 Å². The normalized spacial score (nSPS) is 14.0. The third kappa shape index (κ3) is 5.71. The molecule has 0 aliphatic carbocycles. The summed E-state index contributed by atoms with van der Waals surface area (Å²) in [5, 5.41) is 3.35. The van der Waals surface area contributed by atoms with E-state index < -0.39 is 5.54 Å². The quantitative estimate of drug-likeness (QED) is 0.585. The van der Waals surface area contributed by atoms with E-state index in [9.17, 15) is 4.79 Å². The van der Waals surface area contributed by atoms with Crippen molar-refractivity contribution in [2.45, 2.75) is 57.5 Å². The van der Waals surface area contributed by atoms with Gasteiger partial charge in [0, 0.05) is 16.7 Å². The van der Waals surface area contributed by atoms with E-state index in [1.54, 1.807) is 11.8 Å². The molecule has 0 amide bonds. The molecule has 0 aliphatic heterocycles. The van der Waals surface area contributed by atoms with Crippen molar-refractivity contribution < 1.29 is 9.53 Å². The lowest BCUT2D eigenvalue weighted by atomic mass is 9.98. The Bertz CT molecular complexity index is 462. The summed E-state index contributed by atoms with van der Waals surface area (Å²) in [5.41, 5.74) is 0.650. The first kappa shape index (κ1) is 18.1. The second-order valence-corrected chi connectivity index (χ2v) is 6.85. The van der Waals surface area contributed by atoms with Gasteiger partial charge in [0.2, 0.25) is 0 Å². The molecule has 0 radical (unpaired) electrons.